The average molecular weight is 292 g/mol. The highest BCUT2D eigenvalue weighted by Gasteiger charge is 2.11. The van der Waals surface area contributed by atoms with Gasteiger partial charge in [-0.15, -0.1) is 0 Å². The van der Waals surface area contributed by atoms with Crippen molar-refractivity contribution in [3.8, 4) is 0 Å². The van der Waals surface area contributed by atoms with Gasteiger partial charge in [-0.1, -0.05) is 55.3 Å². The van der Waals surface area contributed by atoms with Crippen LogP contribution in [0.1, 0.15) is 37.4 Å². The Morgan fingerprint density at radius 2 is 1.85 bits per heavy atom. The van der Waals surface area contributed by atoms with Gasteiger partial charge in [-0.2, -0.15) is 0 Å². The molecule has 2 aromatic carbocycles. The molecule has 0 aliphatic carbocycles. The molecule has 0 radical (unpaired) electrons. The van der Waals surface area contributed by atoms with Crippen molar-refractivity contribution in [2.75, 3.05) is 5.32 Å². The van der Waals surface area contributed by atoms with Gasteiger partial charge in [0.2, 0.25) is 0 Å². The molecule has 0 saturated heterocycles. The maximum Gasteiger partial charge on any atom is 0.147 e. The van der Waals surface area contributed by atoms with Gasteiger partial charge in [0.25, 0.3) is 0 Å². The lowest BCUT2D eigenvalue weighted by Crippen LogP contribution is -2.08. The van der Waals surface area contributed by atoms with Crippen molar-refractivity contribution in [2.24, 2.45) is 0 Å². The molecule has 2 aromatic rings. The Hall–Kier alpha value is -1.54. The molecule has 0 bridgehead atoms. The predicted molar refractivity (Wildman–Crippen MR) is 83.9 cm³/mol. The van der Waals surface area contributed by atoms with Gasteiger partial charge in [0, 0.05) is 6.04 Å². The van der Waals surface area contributed by atoms with Crippen LogP contribution in [0.5, 0.6) is 0 Å². The summed E-state index contributed by atoms with van der Waals surface area (Å²) in [7, 11) is 0. The van der Waals surface area contributed by atoms with Crippen molar-refractivity contribution >= 4 is 17.3 Å². The Kier molecular flexibility index (Phi) is 5.02. The van der Waals surface area contributed by atoms with Crippen LogP contribution in [-0.4, -0.2) is 0 Å². The van der Waals surface area contributed by atoms with E-state index in [4.69, 9.17) is 11.6 Å². The van der Waals surface area contributed by atoms with Crippen molar-refractivity contribution in [1.82, 2.24) is 0 Å². The van der Waals surface area contributed by atoms with Gasteiger partial charge in [0.1, 0.15) is 5.82 Å². The molecule has 2 rings (SSSR count). The van der Waals surface area contributed by atoms with E-state index >= 15 is 0 Å². The summed E-state index contributed by atoms with van der Waals surface area (Å²) in [6.45, 7) is 4.16. The molecule has 0 aliphatic rings. The molecule has 0 heterocycles. The fourth-order valence-electron chi connectivity index (χ4n) is 2.20. The van der Waals surface area contributed by atoms with Crippen LogP contribution in [0.25, 0.3) is 0 Å². The molecule has 3 heteroatoms. The molecule has 0 aromatic heterocycles. The van der Waals surface area contributed by atoms with E-state index in [1.807, 2.05) is 6.92 Å². The third-order valence-corrected chi connectivity index (χ3v) is 3.66. The molecule has 0 saturated carbocycles. The van der Waals surface area contributed by atoms with E-state index in [0.29, 0.717) is 10.7 Å². The molecule has 1 nitrogen and oxygen atoms in total. The number of anilines is 1. The number of rotatable bonds is 5. The minimum atomic E-state index is -0.327. The first kappa shape index (κ1) is 14.9. The summed E-state index contributed by atoms with van der Waals surface area (Å²) < 4.78 is 13.7. The molecule has 20 heavy (non-hydrogen) atoms. The number of aryl methyl sites for hydroxylation is 1. The van der Waals surface area contributed by atoms with Crippen molar-refractivity contribution in [1.29, 1.82) is 0 Å². The lowest BCUT2D eigenvalue weighted by Gasteiger charge is -2.17. The van der Waals surface area contributed by atoms with Crippen LogP contribution < -0.4 is 5.32 Å². The van der Waals surface area contributed by atoms with Crippen molar-refractivity contribution in [3.05, 3.63) is 64.4 Å². The molecule has 0 amide bonds. The average Bonchev–Trinajstić information content (AvgIpc) is 2.44. The highest BCUT2D eigenvalue weighted by atomic mass is 35.5. The van der Waals surface area contributed by atoms with Gasteiger partial charge in [-0.3, -0.25) is 0 Å². The van der Waals surface area contributed by atoms with Crippen LogP contribution >= 0.6 is 11.6 Å². The number of benzene rings is 2. The van der Waals surface area contributed by atoms with Crippen LogP contribution in [-0.2, 0) is 6.42 Å². The number of hydrogen-bond donors (Lipinski definition) is 1. The molecule has 0 spiro atoms. The first-order valence-electron chi connectivity index (χ1n) is 6.91. The van der Waals surface area contributed by atoms with Crippen LogP contribution in [0.4, 0.5) is 10.1 Å². The SMILES string of the molecule is CCCc1ccc(C(C)Nc2c(F)cccc2Cl)cc1. The van der Waals surface area contributed by atoms with Gasteiger partial charge in [-0.25, -0.2) is 4.39 Å². The zero-order valence-electron chi connectivity index (χ0n) is 11.8. The fraction of sp³-hybridized carbons (Fsp3) is 0.294. The Morgan fingerprint density at radius 1 is 1.15 bits per heavy atom. The Balaban J connectivity index is 2.13. The molecule has 0 aliphatic heterocycles. The fourth-order valence-corrected chi connectivity index (χ4v) is 2.41. The first-order valence-corrected chi connectivity index (χ1v) is 7.29. The standard InChI is InChI=1S/C17H19ClFN/c1-3-5-13-8-10-14(11-9-13)12(2)20-17-15(18)6-4-7-16(17)19/h4,6-12,20H,3,5H2,1-2H3. The molecule has 1 unspecified atom stereocenters. The van der Waals surface area contributed by atoms with Crippen LogP contribution in [0.2, 0.25) is 5.02 Å². The van der Waals surface area contributed by atoms with E-state index in [0.717, 1.165) is 18.4 Å². The van der Waals surface area contributed by atoms with Crippen LogP contribution in [0.15, 0.2) is 42.5 Å². The summed E-state index contributed by atoms with van der Waals surface area (Å²) >= 11 is 6.03. The minimum Gasteiger partial charge on any atom is -0.375 e. The van der Waals surface area contributed by atoms with Gasteiger partial charge in [0.15, 0.2) is 0 Å². The monoisotopic (exact) mass is 291 g/mol. The molecular weight excluding hydrogens is 273 g/mol. The Morgan fingerprint density at radius 3 is 2.45 bits per heavy atom. The van der Waals surface area contributed by atoms with E-state index in [-0.39, 0.29) is 11.9 Å². The highest BCUT2D eigenvalue weighted by molar-refractivity contribution is 6.33. The van der Waals surface area contributed by atoms with Crippen molar-refractivity contribution in [3.63, 3.8) is 0 Å². The largest absolute Gasteiger partial charge is 0.375 e. The maximum atomic E-state index is 13.7. The molecule has 0 fully saturated rings. The summed E-state index contributed by atoms with van der Waals surface area (Å²) in [4.78, 5) is 0. The summed E-state index contributed by atoms with van der Waals surface area (Å²) in [5.41, 5.74) is 2.80. The van der Waals surface area contributed by atoms with Gasteiger partial charge >= 0.3 is 0 Å². The topological polar surface area (TPSA) is 12.0 Å². The normalized spacial score (nSPS) is 12.2. The van der Waals surface area contributed by atoms with Crippen molar-refractivity contribution < 1.29 is 4.39 Å². The quantitative estimate of drug-likeness (QED) is 0.755. The number of halogens is 2. The second-order valence-corrected chi connectivity index (χ2v) is 5.36. The smallest absolute Gasteiger partial charge is 0.147 e. The maximum absolute atomic E-state index is 13.7. The minimum absolute atomic E-state index is 0.0000709. The van der Waals surface area contributed by atoms with E-state index in [1.54, 1.807) is 12.1 Å². The number of para-hydroxylation sites is 1. The van der Waals surface area contributed by atoms with Crippen molar-refractivity contribution in [2.45, 2.75) is 32.7 Å². The number of nitrogens with one attached hydrogen (secondary N) is 1. The van der Waals surface area contributed by atoms with E-state index in [1.165, 1.54) is 11.6 Å². The highest BCUT2D eigenvalue weighted by Crippen LogP contribution is 2.28. The lowest BCUT2D eigenvalue weighted by atomic mass is 10.0. The second-order valence-electron chi connectivity index (χ2n) is 4.95. The Bertz CT molecular complexity index is 545. The molecule has 1 N–H and O–H groups in total. The lowest BCUT2D eigenvalue weighted by molar-refractivity contribution is 0.627. The zero-order chi connectivity index (χ0) is 14.5. The Labute approximate surface area is 124 Å². The van der Waals surface area contributed by atoms with Gasteiger partial charge < -0.3 is 5.32 Å². The zero-order valence-corrected chi connectivity index (χ0v) is 12.5. The summed E-state index contributed by atoms with van der Waals surface area (Å²) in [5, 5.41) is 3.54. The summed E-state index contributed by atoms with van der Waals surface area (Å²) in [6.07, 6.45) is 2.22. The van der Waals surface area contributed by atoms with Gasteiger partial charge in [-0.05, 0) is 36.6 Å². The second kappa shape index (κ2) is 6.76. The summed E-state index contributed by atoms with van der Waals surface area (Å²) in [6, 6.07) is 13.1. The van der Waals surface area contributed by atoms with Crippen LogP contribution in [0, 0.1) is 5.82 Å². The van der Waals surface area contributed by atoms with Crippen LogP contribution in [0.3, 0.4) is 0 Å². The number of hydrogen-bond acceptors (Lipinski definition) is 1. The van der Waals surface area contributed by atoms with E-state index in [9.17, 15) is 4.39 Å². The van der Waals surface area contributed by atoms with E-state index in [2.05, 4.69) is 36.5 Å². The van der Waals surface area contributed by atoms with Gasteiger partial charge in [0.05, 0.1) is 10.7 Å². The molecule has 1 atom stereocenters. The summed E-state index contributed by atoms with van der Waals surface area (Å²) in [5.74, 6) is -0.327. The first-order chi connectivity index (χ1) is 9.61. The third-order valence-electron chi connectivity index (χ3n) is 3.34. The molecular formula is C17H19ClFN. The van der Waals surface area contributed by atoms with E-state index < -0.39 is 0 Å². The molecule has 106 valence electrons. The predicted octanol–water partition coefficient (Wildman–Crippen LogP) is 5.60. The third kappa shape index (κ3) is 3.51.